The first kappa shape index (κ1) is 17.5. The highest BCUT2D eigenvalue weighted by Crippen LogP contribution is 2.49. The summed E-state index contributed by atoms with van der Waals surface area (Å²) in [7, 11) is -1.79. The number of rotatable bonds is 4. The van der Waals surface area contributed by atoms with Crippen LogP contribution in [0.2, 0.25) is 13.1 Å². The summed E-state index contributed by atoms with van der Waals surface area (Å²) in [5, 5.41) is 1.48. The van der Waals surface area contributed by atoms with Crippen molar-refractivity contribution in [1.29, 1.82) is 0 Å². The lowest BCUT2D eigenvalue weighted by atomic mass is 9.86. The van der Waals surface area contributed by atoms with E-state index in [1.807, 2.05) is 0 Å². The molecule has 4 atom stereocenters. The molecule has 1 fully saturated rings. The van der Waals surface area contributed by atoms with Gasteiger partial charge in [0.05, 0.1) is 6.10 Å². The molecule has 0 spiro atoms. The number of hydrogen-bond donors (Lipinski definition) is 0. The molecule has 2 heteroatoms. The molecule has 0 bridgehead atoms. The van der Waals surface area contributed by atoms with Crippen LogP contribution in [0.15, 0.2) is 73.3 Å². The molecule has 2 aromatic carbocycles. The van der Waals surface area contributed by atoms with E-state index in [4.69, 9.17) is 4.43 Å². The van der Waals surface area contributed by atoms with Crippen molar-refractivity contribution < 1.29 is 4.43 Å². The second-order valence-corrected chi connectivity index (χ2v) is 12.0. The fourth-order valence-electron chi connectivity index (χ4n) is 4.76. The summed E-state index contributed by atoms with van der Waals surface area (Å²) in [6, 6.07) is 19.5. The third kappa shape index (κ3) is 3.24. The van der Waals surface area contributed by atoms with Gasteiger partial charge in [-0.2, -0.15) is 0 Å². The van der Waals surface area contributed by atoms with Crippen molar-refractivity contribution in [2.75, 3.05) is 0 Å². The van der Waals surface area contributed by atoms with Crippen molar-refractivity contribution in [3.63, 3.8) is 0 Å². The van der Waals surface area contributed by atoms with Crippen LogP contribution in [0.4, 0.5) is 0 Å². The maximum atomic E-state index is 6.75. The minimum absolute atomic E-state index is 0.239. The number of hydrogen-bond acceptors (Lipinski definition) is 1. The van der Waals surface area contributed by atoms with Crippen molar-refractivity contribution in [2.45, 2.75) is 32.0 Å². The van der Waals surface area contributed by atoms with Crippen molar-refractivity contribution >= 4 is 19.6 Å². The van der Waals surface area contributed by atoms with Crippen LogP contribution in [0, 0.1) is 17.8 Å². The molecule has 134 valence electrons. The molecule has 1 saturated carbocycles. The predicted molar refractivity (Wildman–Crippen MR) is 113 cm³/mol. The first-order valence-corrected chi connectivity index (χ1v) is 12.6. The molecule has 0 saturated heterocycles. The minimum atomic E-state index is -1.79. The molecule has 26 heavy (non-hydrogen) atoms. The van der Waals surface area contributed by atoms with Crippen LogP contribution < -0.4 is 5.19 Å². The highest BCUT2D eigenvalue weighted by atomic mass is 28.4. The Kier molecular flexibility index (Phi) is 4.72. The van der Waals surface area contributed by atoms with Gasteiger partial charge in [0.15, 0.2) is 0 Å². The van der Waals surface area contributed by atoms with E-state index in [1.54, 1.807) is 0 Å². The lowest BCUT2D eigenvalue weighted by molar-refractivity contribution is 0.127. The first-order chi connectivity index (χ1) is 12.6. The Morgan fingerprint density at radius 1 is 1.00 bits per heavy atom. The molecular weight excluding hydrogens is 332 g/mol. The lowest BCUT2D eigenvalue weighted by Crippen LogP contribution is -2.40. The Hall–Kier alpha value is -1.90. The third-order valence-electron chi connectivity index (χ3n) is 6.09. The number of fused-ring (bicyclic) bond motifs is 1. The highest BCUT2D eigenvalue weighted by Gasteiger charge is 2.47. The van der Waals surface area contributed by atoms with E-state index in [0.29, 0.717) is 17.8 Å². The second kappa shape index (κ2) is 7.01. The van der Waals surface area contributed by atoms with Gasteiger partial charge >= 0.3 is 0 Å². The van der Waals surface area contributed by atoms with Crippen LogP contribution in [-0.4, -0.2) is 8.32 Å². The smallest absolute Gasteiger partial charge is 0.219 e. The average Bonchev–Trinajstić information content (AvgIpc) is 3.19. The molecule has 1 nitrogen and oxygen atoms in total. The Balaban J connectivity index is 1.63. The fourth-order valence-corrected chi connectivity index (χ4v) is 7.24. The summed E-state index contributed by atoms with van der Waals surface area (Å²) in [6.07, 6.45) is 9.45. The fraction of sp³-hybridized carbons (Fsp3) is 0.333. The van der Waals surface area contributed by atoms with Gasteiger partial charge in [-0.25, -0.2) is 0 Å². The Bertz CT molecular complexity index is 808. The van der Waals surface area contributed by atoms with Crippen LogP contribution in [0.3, 0.4) is 0 Å². The molecule has 4 rings (SSSR count). The number of allylic oxidation sites excluding steroid dienone is 2. The molecular formula is C24H28OSi. The maximum Gasteiger partial charge on any atom is 0.219 e. The molecule has 2 aliphatic rings. The predicted octanol–water partition coefficient (Wildman–Crippen LogP) is 5.71. The molecule has 4 unspecified atom stereocenters. The van der Waals surface area contributed by atoms with Gasteiger partial charge in [-0.05, 0) is 60.0 Å². The van der Waals surface area contributed by atoms with Crippen molar-refractivity contribution in [1.82, 2.24) is 0 Å². The van der Waals surface area contributed by atoms with Crippen LogP contribution in [-0.2, 0) is 4.43 Å². The second-order valence-electron chi connectivity index (χ2n) is 8.20. The number of benzene rings is 2. The van der Waals surface area contributed by atoms with E-state index in [9.17, 15) is 0 Å². The molecule has 0 aromatic heterocycles. The van der Waals surface area contributed by atoms with E-state index in [1.165, 1.54) is 29.2 Å². The summed E-state index contributed by atoms with van der Waals surface area (Å²) in [5.74, 6) is 1.67. The molecule has 2 aromatic rings. The van der Waals surface area contributed by atoms with E-state index < -0.39 is 8.32 Å². The van der Waals surface area contributed by atoms with Gasteiger partial charge in [-0.15, -0.1) is 6.58 Å². The summed E-state index contributed by atoms with van der Waals surface area (Å²) < 4.78 is 6.75. The standard InChI is InChI=1S/C24H28OSi/c1-4-18-16-20(15-14-19-10-6-5-7-11-19)22(17-18)24-21-12-8-9-13-23(21)26(2,3)25-24/h4-15,18,20,22,24H,1,16-17H2,2-3H3/b15-14+. The average molecular weight is 361 g/mol. The van der Waals surface area contributed by atoms with Crippen LogP contribution in [0.1, 0.15) is 30.1 Å². The summed E-state index contributed by atoms with van der Waals surface area (Å²) in [4.78, 5) is 0. The molecule has 0 N–H and O–H groups in total. The SMILES string of the molecule is C=CC1CC(/C=C/c2ccccc2)C(C2O[Si](C)(C)c3ccccc32)C1. The largest absolute Gasteiger partial charge is 0.406 e. The van der Waals surface area contributed by atoms with E-state index in [2.05, 4.69) is 92.5 Å². The van der Waals surface area contributed by atoms with Gasteiger partial charge < -0.3 is 4.43 Å². The summed E-state index contributed by atoms with van der Waals surface area (Å²) in [5.41, 5.74) is 2.72. The van der Waals surface area contributed by atoms with Crippen molar-refractivity contribution in [2.24, 2.45) is 17.8 Å². The van der Waals surface area contributed by atoms with Gasteiger partial charge in [0.25, 0.3) is 0 Å². The normalized spacial score (nSPS) is 29.8. The van der Waals surface area contributed by atoms with Crippen LogP contribution >= 0.6 is 0 Å². The molecule has 1 heterocycles. The van der Waals surface area contributed by atoms with Crippen LogP contribution in [0.25, 0.3) is 6.08 Å². The Labute approximate surface area is 158 Å². The Morgan fingerprint density at radius 3 is 2.50 bits per heavy atom. The molecule has 0 radical (unpaired) electrons. The third-order valence-corrected chi connectivity index (χ3v) is 8.69. The maximum absolute atomic E-state index is 6.75. The van der Waals surface area contributed by atoms with Gasteiger partial charge in [0.1, 0.15) is 0 Å². The van der Waals surface area contributed by atoms with Crippen LogP contribution in [0.5, 0.6) is 0 Å². The monoisotopic (exact) mass is 360 g/mol. The minimum Gasteiger partial charge on any atom is -0.406 e. The Morgan fingerprint density at radius 2 is 1.73 bits per heavy atom. The van der Waals surface area contributed by atoms with Gasteiger partial charge in [0.2, 0.25) is 8.32 Å². The first-order valence-electron chi connectivity index (χ1n) is 9.71. The molecule has 0 amide bonds. The zero-order valence-electron chi connectivity index (χ0n) is 15.8. The summed E-state index contributed by atoms with van der Waals surface area (Å²) >= 11 is 0. The van der Waals surface area contributed by atoms with Gasteiger partial charge in [-0.1, -0.05) is 72.8 Å². The molecule has 1 aliphatic carbocycles. The van der Waals surface area contributed by atoms with E-state index >= 15 is 0 Å². The summed E-state index contributed by atoms with van der Waals surface area (Å²) in [6.45, 7) is 8.74. The van der Waals surface area contributed by atoms with Gasteiger partial charge in [0, 0.05) is 0 Å². The van der Waals surface area contributed by atoms with Crippen molar-refractivity contribution in [3.05, 3.63) is 84.5 Å². The van der Waals surface area contributed by atoms with E-state index in [0.717, 1.165) is 0 Å². The quantitative estimate of drug-likeness (QED) is 0.501. The molecule has 1 aliphatic heterocycles. The highest BCUT2D eigenvalue weighted by molar-refractivity contribution is 6.85. The lowest BCUT2D eigenvalue weighted by Gasteiger charge is -2.27. The van der Waals surface area contributed by atoms with Gasteiger partial charge in [-0.3, -0.25) is 0 Å². The zero-order chi connectivity index (χ0) is 18.1. The van der Waals surface area contributed by atoms with Crippen molar-refractivity contribution in [3.8, 4) is 0 Å². The zero-order valence-corrected chi connectivity index (χ0v) is 16.8. The topological polar surface area (TPSA) is 9.23 Å². The van der Waals surface area contributed by atoms with E-state index in [-0.39, 0.29) is 6.10 Å².